The van der Waals surface area contributed by atoms with Crippen LogP contribution in [0.2, 0.25) is 0 Å². The Morgan fingerprint density at radius 2 is 1.92 bits per heavy atom. The lowest BCUT2D eigenvalue weighted by molar-refractivity contribution is -0.160. The molecule has 0 saturated heterocycles. The van der Waals surface area contributed by atoms with Crippen LogP contribution >= 0.6 is 0 Å². The molecule has 2 aliphatic carbocycles. The molecule has 2 saturated carbocycles. The van der Waals surface area contributed by atoms with E-state index in [1.165, 1.54) is 0 Å². The molecule has 0 amide bonds. The van der Waals surface area contributed by atoms with Crippen LogP contribution in [0.15, 0.2) is 30.3 Å². The Hall–Kier alpha value is -1.66. The number of Topliss-reactive ketones (excluding diaryl/α,β-unsaturated/α-hetero) is 1. The summed E-state index contributed by atoms with van der Waals surface area (Å²) in [4.78, 5) is 12.6. The molecule has 0 spiro atoms. The maximum absolute atomic E-state index is 12.6. The Morgan fingerprint density at radius 3 is 2.54 bits per heavy atom. The second kappa shape index (κ2) is 5.70. The van der Waals surface area contributed by atoms with Crippen molar-refractivity contribution in [3.05, 3.63) is 35.9 Å². The zero-order chi connectivity index (χ0) is 17.6. The van der Waals surface area contributed by atoms with E-state index in [1.807, 2.05) is 32.0 Å². The van der Waals surface area contributed by atoms with Crippen LogP contribution in [0.1, 0.15) is 52.0 Å². The van der Waals surface area contributed by atoms with Gasteiger partial charge in [-0.1, -0.05) is 51.1 Å². The van der Waals surface area contributed by atoms with E-state index in [0.717, 1.165) is 18.4 Å². The monoisotopic (exact) mass is 325 g/mol. The standard InChI is InChI=1S/C21H27NO2/c1-19(2)17-9-10-21(24,11-15-7-5-4-6-8-15)14-20(17,3)12-16(13-22)18(19)23/h4-8,16-17,24H,9-12,14H2,1-3H3/t16?,17-,20+,21+/m0/s1. The molecule has 1 aromatic rings. The fourth-order valence-electron chi connectivity index (χ4n) is 5.58. The topological polar surface area (TPSA) is 61.1 Å². The van der Waals surface area contributed by atoms with Gasteiger partial charge >= 0.3 is 0 Å². The minimum Gasteiger partial charge on any atom is -0.390 e. The average molecular weight is 325 g/mol. The summed E-state index contributed by atoms with van der Waals surface area (Å²) in [7, 11) is 0. The van der Waals surface area contributed by atoms with Crippen LogP contribution < -0.4 is 0 Å². The number of aliphatic hydroxyl groups is 1. The van der Waals surface area contributed by atoms with Crippen molar-refractivity contribution in [3.8, 4) is 6.07 Å². The lowest BCUT2D eigenvalue weighted by Gasteiger charge is -2.57. The van der Waals surface area contributed by atoms with Crippen LogP contribution in [0, 0.1) is 34.0 Å². The van der Waals surface area contributed by atoms with Crippen molar-refractivity contribution >= 4 is 5.78 Å². The first-order valence-corrected chi connectivity index (χ1v) is 8.90. The van der Waals surface area contributed by atoms with Gasteiger partial charge in [-0.05, 0) is 42.6 Å². The van der Waals surface area contributed by atoms with Gasteiger partial charge in [0.15, 0.2) is 5.78 Å². The zero-order valence-corrected chi connectivity index (χ0v) is 14.9. The van der Waals surface area contributed by atoms with Crippen molar-refractivity contribution in [3.63, 3.8) is 0 Å². The van der Waals surface area contributed by atoms with Crippen LogP contribution in [0.4, 0.5) is 0 Å². The Labute approximate surface area is 144 Å². The third-order valence-corrected chi connectivity index (χ3v) is 6.50. The van der Waals surface area contributed by atoms with E-state index in [2.05, 4.69) is 25.1 Å². The lowest BCUT2D eigenvalue weighted by Crippen LogP contribution is -2.57. The lowest BCUT2D eigenvalue weighted by atomic mass is 9.47. The number of hydrogen-bond donors (Lipinski definition) is 1. The molecule has 3 rings (SSSR count). The van der Waals surface area contributed by atoms with Gasteiger partial charge in [0.05, 0.1) is 11.7 Å². The number of carbonyl (C=O) groups is 1. The number of rotatable bonds is 2. The summed E-state index contributed by atoms with van der Waals surface area (Å²) >= 11 is 0. The fourth-order valence-corrected chi connectivity index (χ4v) is 5.58. The molecular formula is C21H27NO2. The van der Waals surface area contributed by atoms with E-state index in [4.69, 9.17) is 0 Å². The second-order valence-electron chi connectivity index (χ2n) is 8.78. The van der Waals surface area contributed by atoms with Crippen molar-refractivity contribution in [1.82, 2.24) is 0 Å². The van der Waals surface area contributed by atoms with Gasteiger partial charge in [0.1, 0.15) is 5.92 Å². The molecule has 3 nitrogen and oxygen atoms in total. The van der Waals surface area contributed by atoms with Gasteiger partial charge in [-0.3, -0.25) is 4.79 Å². The van der Waals surface area contributed by atoms with Gasteiger partial charge in [-0.2, -0.15) is 5.26 Å². The third kappa shape index (κ3) is 2.78. The number of hydrogen-bond acceptors (Lipinski definition) is 3. The highest BCUT2D eigenvalue weighted by atomic mass is 16.3. The summed E-state index contributed by atoms with van der Waals surface area (Å²) in [5.41, 5.74) is -0.255. The minimum atomic E-state index is -0.747. The average Bonchev–Trinajstić information content (AvgIpc) is 2.51. The fraction of sp³-hybridized carbons (Fsp3) is 0.619. The third-order valence-electron chi connectivity index (χ3n) is 6.50. The first-order valence-electron chi connectivity index (χ1n) is 8.90. The molecule has 1 aromatic carbocycles. The number of carbonyl (C=O) groups excluding carboxylic acids is 1. The minimum absolute atomic E-state index is 0.0842. The van der Waals surface area contributed by atoms with Crippen LogP contribution in [0.25, 0.3) is 0 Å². The van der Waals surface area contributed by atoms with Crippen molar-refractivity contribution < 1.29 is 9.90 Å². The van der Waals surface area contributed by atoms with Gasteiger partial charge in [0, 0.05) is 11.8 Å². The summed E-state index contributed by atoms with van der Waals surface area (Å²) in [5.74, 6) is -0.223. The second-order valence-corrected chi connectivity index (χ2v) is 8.78. The SMILES string of the molecule is CC1(C)C(=O)C(C#N)C[C@]2(C)C[C@](O)(Cc3ccccc3)CC[C@@H]12. The predicted octanol–water partition coefficient (Wildman–Crippen LogP) is 3.91. The molecular weight excluding hydrogens is 298 g/mol. The molecule has 0 heterocycles. The van der Waals surface area contributed by atoms with E-state index >= 15 is 0 Å². The molecule has 128 valence electrons. The van der Waals surface area contributed by atoms with E-state index in [0.29, 0.717) is 19.3 Å². The molecule has 0 bridgehead atoms. The van der Waals surface area contributed by atoms with Crippen molar-refractivity contribution in [1.29, 1.82) is 5.26 Å². The summed E-state index contributed by atoms with van der Waals surface area (Å²) in [6.45, 7) is 6.15. The van der Waals surface area contributed by atoms with Gasteiger partial charge in [0.2, 0.25) is 0 Å². The Bertz CT molecular complexity index is 675. The van der Waals surface area contributed by atoms with Crippen LogP contribution in [0.3, 0.4) is 0 Å². The highest BCUT2D eigenvalue weighted by Crippen LogP contribution is 2.59. The normalized spacial score (nSPS) is 38.2. The maximum atomic E-state index is 12.6. The summed E-state index contributed by atoms with van der Waals surface area (Å²) in [6.07, 6.45) is 3.44. The van der Waals surface area contributed by atoms with Gasteiger partial charge in [-0.15, -0.1) is 0 Å². The first-order chi connectivity index (χ1) is 11.2. The van der Waals surface area contributed by atoms with Gasteiger partial charge < -0.3 is 5.11 Å². The number of ketones is 1. The quantitative estimate of drug-likeness (QED) is 0.897. The Morgan fingerprint density at radius 1 is 1.25 bits per heavy atom. The molecule has 24 heavy (non-hydrogen) atoms. The summed E-state index contributed by atoms with van der Waals surface area (Å²) < 4.78 is 0. The number of fused-ring (bicyclic) bond motifs is 1. The number of benzene rings is 1. The Kier molecular flexibility index (Phi) is 4.08. The largest absolute Gasteiger partial charge is 0.390 e. The van der Waals surface area contributed by atoms with Crippen molar-refractivity contribution in [2.45, 2.75) is 58.5 Å². The summed E-state index contributed by atoms with van der Waals surface area (Å²) in [6, 6.07) is 12.3. The number of nitrogens with zero attached hydrogens (tertiary/aromatic N) is 1. The first kappa shape index (κ1) is 17.2. The Balaban J connectivity index is 1.88. The smallest absolute Gasteiger partial charge is 0.155 e. The van der Waals surface area contributed by atoms with E-state index in [9.17, 15) is 15.2 Å². The maximum Gasteiger partial charge on any atom is 0.155 e. The van der Waals surface area contributed by atoms with Crippen molar-refractivity contribution in [2.24, 2.45) is 22.7 Å². The molecule has 1 N–H and O–H groups in total. The van der Waals surface area contributed by atoms with E-state index < -0.39 is 16.9 Å². The summed E-state index contributed by atoms with van der Waals surface area (Å²) in [5, 5.41) is 20.7. The highest BCUT2D eigenvalue weighted by Gasteiger charge is 2.59. The van der Waals surface area contributed by atoms with Gasteiger partial charge in [0.25, 0.3) is 0 Å². The molecule has 2 aliphatic rings. The molecule has 0 aliphatic heterocycles. The molecule has 0 aromatic heterocycles. The van der Waals surface area contributed by atoms with Crippen molar-refractivity contribution in [2.75, 3.05) is 0 Å². The van der Waals surface area contributed by atoms with Gasteiger partial charge in [-0.25, -0.2) is 0 Å². The number of nitriles is 1. The van der Waals surface area contributed by atoms with Crippen LogP contribution in [-0.2, 0) is 11.2 Å². The molecule has 2 fully saturated rings. The van der Waals surface area contributed by atoms with Crippen LogP contribution in [-0.4, -0.2) is 16.5 Å². The van der Waals surface area contributed by atoms with E-state index in [1.54, 1.807) is 0 Å². The molecule has 4 atom stereocenters. The zero-order valence-electron chi connectivity index (χ0n) is 14.9. The highest BCUT2D eigenvalue weighted by molar-refractivity contribution is 5.89. The van der Waals surface area contributed by atoms with Crippen LogP contribution in [0.5, 0.6) is 0 Å². The predicted molar refractivity (Wildman–Crippen MR) is 93.1 cm³/mol. The van der Waals surface area contributed by atoms with E-state index in [-0.39, 0.29) is 17.1 Å². The molecule has 1 unspecified atom stereocenters. The molecule has 0 radical (unpaired) electrons. The molecule has 3 heteroatoms.